The second kappa shape index (κ2) is 12.9. The van der Waals surface area contributed by atoms with Crippen molar-refractivity contribution in [2.45, 2.75) is 40.0 Å². The number of nitrogens with one attached hydrogen (secondary N) is 2. The van der Waals surface area contributed by atoms with Crippen molar-refractivity contribution in [2.75, 3.05) is 17.2 Å². The maximum atomic E-state index is 12.2. The summed E-state index contributed by atoms with van der Waals surface area (Å²) in [4.78, 5) is 36.1. The summed E-state index contributed by atoms with van der Waals surface area (Å²) in [6.07, 6.45) is 0.507. The summed E-state index contributed by atoms with van der Waals surface area (Å²) in [5.41, 5.74) is 4.59. The number of carbonyl (C=O) groups excluding carboxylic acids is 3. The van der Waals surface area contributed by atoms with E-state index in [1.165, 1.54) is 5.56 Å². The van der Waals surface area contributed by atoms with Crippen molar-refractivity contribution >= 4 is 45.1 Å². The smallest absolute Gasteiger partial charge is 0.306 e. The molecule has 8 heteroatoms. The number of halogens is 1. The van der Waals surface area contributed by atoms with E-state index in [0.717, 1.165) is 21.3 Å². The van der Waals surface area contributed by atoms with E-state index in [4.69, 9.17) is 9.47 Å². The summed E-state index contributed by atoms with van der Waals surface area (Å²) in [6, 6.07) is 18.4. The molecule has 0 unspecified atom stereocenters. The number of hydrogen-bond acceptors (Lipinski definition) is 5. The second-order valence-electron chi connectivity index (χ2n) is 8.45. The number of esters is 1. The summed E-state index contributed by atoms with van der Waals surface area (Å²) >= 11 is 3.40. The molecule has 0 heterocycles. The Hall–Kier alpha value is -3.65. The topological polar surface area (TPSA) is 93.7 Å². The molecule has 0 aromatic heterocycles. The van der Waals surface area contributed by atoms with E-state index >= 15 is 0 Å². The standard InChI is InChI=1S/C28H29BrN2O5/c1-18-7-11-24(16-19(18)2)36-23-12-8-21(9-13-23)30-26(32)5-4-6-28(34)35-17-27(33)31-22-10-14-25(29)20(3)15-22/h7-16H,4-6,17H2,1-3H3,(H,30,32)(H,31,33). The number of hydrogen-bond donors (Lipinski definition) is 2. The largest absolute Gasteiger partial charge is 0.457 e. The Morgan fingerprint density at radius 3 is 2.08 bits per heavy atom. The van der Waals surface area contributed by atoms with Crippen LogP contribution in [0.3, 0.4) is 0 Å². The van der Waals surface area contributed by atoms with Gasteiger partial charge in [-0.05, 0) is 98.5 Å². The molecule has 188 valence electrons. The van der Waals surface area contributed by atoms with Crippen LogP contribution in [0.1, 0.15) is 36.0 Å². The van der Waals surface area contributed by atoms with Gasteiger partial charge in [0.05, 0.1) is 0 Å². The Balaban J connectivity index is 1.34. The van der Waals surface area contributed by atoms with Gasteiger partial charge in [0, 0.05) is 28.7 Å². The van der Waals surface area contributed by atoms with Gasteiger partial charge in [0.25, 0.3) is 5.91 Å². The van der Waals surface area contributed by atoms with Crippen LogP contribution in [0.25, 0.3) is 0 Å². The van der Waals surface area contributed by atoms with Gasteiger partial charge in [0.15, 0.2) is 6.61 Å². The predicted octanol–water partition coefficient (Wildman–Crippen LogP) is 6.46. The molecule has 3 aromatic rings. The van der Waals surface area contributed by atoms with E-state index in [-0.39, 0.29) is 25.4 Å². The molecular weight excluding hydrogens is 524 g/mol. The van der Waals surface area contributed by atoms with Crippen LogP contribution in [0.5, 0.6) is 11.5 Å². The predicted molar refractivity (Wildman–Crippen MR) is 143 cm³/mol. The van der Waals surface area contributed by atoms with Crippen LogP contribution in [-0.4, -0.2) is 24.4 Å². The van der Waals surface area contributed by atoms with Crippen LogP contribution in [0, 0.1) is 20.8 Å². The van der Waals surface area contributed by atoms with E-state index < -0.39 is 11.9 Å². The zero-order chi connectivity index (χ0) is 26.1. The number of rotatable bonds is 10. The van der Waals surface area contributed by atoms with Crippen LogP contribution in [-0.2, 0) is 19.1 Å². The lowest BCUT2D eigenvalue weighted by molar-refractivity contribution is -0.147. The van der Waals surface area contributed by atoms with Crippen molar-refractivity contribution < 1.29 is 23.9 Å². The molecule has 2 amide bonds. The van der Waals surface area contributed by atoms with Crippen LogP contribution in [0.4, 0.5) is 11.4 Å². The molecule has 0 aliphatic carbocycles. The lowest BCUT2D eigenvalue weighted by Crippen LogP contribution is -2.21. The SMILES string of the molecule is Cc1ccc(Oc2ccc(NC(=O)CCCC(=O)OCC(=O)Nc3ccc(Br)c(C)c3)cc2)cc1C. The van der Waals surface area contributed by atoms with Gasteiger partial charge >= 0.3 is 5.97 Å². The lowest BCUT2D eigenvalue weighted by atomic mass is 10.1. The third-order valence-electron chi connectivity index (χ3n) is 5.44. The molecule has 0 fully saturated rings. The molecule has 0 atom stereocenters. The molecule has 0 aliphatic rings. The molecule has 0 aliphatic heterocycles. The van der Waals surface area contributed by atoms with E-state index in [9.17, 15) is 14.4 Å². The van der Waals surface area contributed by atoms with Crippen molar-refractivity contribution in [1.82, 2.24) is 0 Å². The van der Waals surface area contributed by atoms with Crippen LogP contribution in [0.15, 0.2) is 65.1 Å². The highest BCUT2D eigenvalue weighted by Gasteiger charge is 2.10. The summed E-state index contributed by atoms with van der Waals surface area (Å²) in [6.45, 7) is 5.61. The summed E-state index contributed by atoms with van der Waals surface area (Å²) in [5.74, 6) is 0.250. The Bertz CT molecular complexity index is 1240. The summed E-state index contributed by atoms with van der Waals surface area (Å²) < 4.78 is 11.8. The number of benzene rings is 3. The molecule has 0 saturated carbocycles. The fraction of sp³-hybridized carbons (Fsp3) is 0.250. The van der Waals surface area contributed by atoms with Gasteiger partial charge in [-0.25, -0.2) is 0 Å². The van der Waals surface area contributed by atoms with Gasteiger partial charge in [-0.3, -0.25) is 14.4 Å². The van der Waals surface area contributed by atoms with E-state index in [0.29, 0.717) is 23.5 Å². The van der Waals surface area contributed by atoms with E-state index in [2.05, 4.69) is 26.6 Å². The number of aryl methyl sites for hydroxylation is 3. The molecule has 0 saturated heterocycles. The first-order valence-corrected chi connectivity index (χ1v) is 12.4. The van der Waals surface area contributed by atoms with Gasteiger partial charge in [-0.2, -0.15) is 0 Å². The van der Waals surface area contributed by atoms with E-state index in [1.807, 2.05) is 51.1 Å². The third-order valence-corrected chi connectivity index (χ3v) is 6.33. The highest BCUT2D eigenvalue weighted by atomic mass is 79.9. The molecule has 0 spiro atoms. The number of carbonyl (C=O) groups is 3. The maximum Gasteiger partial charge on any atom is 0.306 e. The lowest BCUT2D eigenvalue weighted by Gasteiger charge is -2.10. The number of amides is 2. The molecule has 2 N–H and O–H groups in total. The average Bonchev–Trinajstić information content (AvgIpc) is 2.84. The van der Waals surface area contributed by atoms with Gasteiger partial charge in [0.1, 0.15) is 11.5 Å². The first-order chi connectivity index (χ1) is 17.2. The molecule has 7 nitrogen and oxygen atoms in total. The second-order valence-corrected chi connectivity index (χ2v) is 9.30. The normalized spacial score (nSPS) is 10.4. The monoisotopic (exact) mass is 552 g/mol. The summed E-state index contributed by atoms with van der Waals surface area (Å²) in [7, 11) is 0. The first-order valence-electron chi connectivity index (χ1n) is 11.6. The van der Waals surface area contributed by atoms with Crippen LogP contribution in [0.2, 0.25) is 0 Å². The van der Waals surface area contributed by atoms with Crippen molar-refractivity contribution in [2.24, 2.45) is 0 Å². The Morgan fingerprint density at radius 2 is 1.39 bits per heavy atom. The average molecular weight is 553 g/mol. The fourth-order valence-corrected chi connectivity index (χ4v) is 3.52. The van der Waals surface area contributed by atoms with Gasteiger partial charge < -0.3 is 20.1 Å². The quantitative estimate of drug-likeness (QED) is 0.281. The molecule has 36 heavy (non-hydrogen) atoms. The highest BCUT2D eigenvalue weighted by molar-refractivity contribution is 9.10. The Morgan fingerprint density at radius 1 is 0.722 bits per heavy atom. The van der Waals surface area contributed by atoms with Gasteiger partial charge in [-0.1, -0.05) is 22.0 Å². The highest BCUT2D eigenvalue weighted by Crippen LogP contribution is 2.25. The van der Waals surface area contributed by atoms with Crippen LogP contribution < -0.4 is 15.4 Å². The fourth-order valence-electron chi connectivity index (χ4n) is 3.27. The number of anilines is 2. The van der Waals surface area contributed by atoms with Crippen molar-refractivity contribution in [3.63, 3.8) is 0 Å². The van der Waals surface area contributed by atoms with Crippen molar-refractivity contribution in [3.05, 3.63) is 81.8 Å². The number of ether oxygens (including phenoxy) is 2. The molecule has 0 bridgehead atoms. The van der Waals surface area contributed by atoms with Crippen molar-refractivity contribution in [3.8, 4) is 11.5 Å². The first kappa shape index (κ1) is 26.9. The molecule has 0 radical (unpaired) electrons. The minimum atomic E-state index is -0.530. The molecule has 3 rings (SSSR count). The zero-order valence-corrected chi connectivity index (χ0v) is 22.1. The van der Waals surface area contributed by atoms with Gasteiger partial charge in [0.2, 0.25) is 5.91 Å². The summed E-state index contributed by atoms with van der Waals surface area (Å²) in [5, 5.41) is 5.47. The van der Waals surface area contributed by atoms with E-state index in [1.54, 1.807) is 30.3 Å². The van der Waals surface area contributed by atoms with Crippen LogP contribution >= 0.6 is 15.9 Å². The van der Waals surface area contributed by atoms with Crippen molar-refractivity contribution in [1.29, 1.82) is 0 Å². The minimum absolute atomic E-state index is 0.0425. The Labute approximate surface area is 219 Å². The zero-order valence-electron chi connectivity index (χ0n) is 20.5. The Kier molecular flexibility index (Phi) is 9.64. The van der Waals surface area contributed by atoms with Gasteiger partial charge in [-0.15, -0.1) is 0 Å². The molecule has 3 aromatic carbocycles. The minimum Gasteiger partial charge on any atom is -0.457 e. The maximum absolute atomic E-state index is 12.2. The third kappa shape index (κ3) is 8.53. The molecular formula is C28H29BrN2O5.